The van der Waals surface area contributed by atoms with Gasteiger partial charge in [0.2, 0.25) is 0 Å². The molecule has 0 aliphatic carbocycles. The Bertz CT molecular complexity index is 319. The number of hydrogen-bond donors (Lipinski definition) is 0. The maximum Gasteiger partial charge on any atom is 0.253 e. The topological polar surface area (TPSA) is 29.5 Å². The van der Waals surface area contributed by atoms with Crippen LogP contribution in [0.25, 0.3) is 0 Å². The first-order valence-electron chi connectivity index (χ1n) is 4.96. The van der Waals surface area contributed by atoms with Gasteiger partial charge in [-0.25, -0.2) is 0 Å². The predicted octanol–water partition coefficient (Wildman–Crippen LogP) is 1.71. The van der Waals surface area contributed by atoms with Crippen LogP contribution in [0.1, 0.15) is 15.9 Å². The van der Waals surface area contributed by atoms with Gasteiger partial charge in [-0.05, 0) is 19.1 Å². The Hall–Kier alpha value is -1.35. The van der Waals surface area contributed by atoms with Gasteiger partial charge in [-0.3, -0.25) is 4.79 Å². The largest absolute Gasteiger partial charge is 0.383 e. The van der Waals surface area contributed by atoms with Crippen molar-refractivity contribution in [2.75, 3.05) is 27.3 Å². The van der Waals surface area contributed by atoms with Crippen LogP contribution in [0.4, 0.5) is 0 Å². The van der Waals surface area contributed by atoms with Crippen molar-refractivity contribution in [1.29, 1.82) is 0 Å². The number of aryl methyl sites for hydroxylation is 1. The smallest absolute Gasteiger partial charge is 0.253 e. The molecule has 0 aromatic heterocycles. The molecule has 0 fully saturated rings. The highest BCUT2D eigenvalue weighted by molar-refractivity contribution is 5.94. The summed E-state index contributed by atoms with van der Waals surface area (Å²) < 4.78 is 4.92. The van der Waals surface area contributed by atoms with Gasteiger partial charge in [0.15, 0.2) is 0 Å². The van der Waals surface area contributed by atoms with Crippen LogP contribution in [-0.4, -0.2) is 38.1 Å². The quantitative estimate of drug-likeness (QED) is 0.752. The van der Waals surface area contributed by atoms with Crippen molar-refractivity contribution >= 4 is 5.91 Å². The van der Waals surface area contributed by atoms with E-state index >= 15 is 0 Å². The van der Waals surface area contributed by atoms with Crippen LogP contribution in [0, 0.1) is 6.92 Å². The molecule has 0 saturated carbocycles. The van der Waals surface area contributed by atoms with Gasteiger partial charge < -0.3 is 9.64 Å². The number of carbonyl (C=O) groups excluding carboxylic acids is 1. The molecule has 0 heterocycles. The van der Waals surface area contributed by atoms with E-state index in [2.05, 4.69) is 0 Å². The van der Waals surface area contributed by atoms with E-state index < -0.39 is 0 Å². The fraction of sp³-hybridized carbons (Fsp3) is 0.417. The molecule has 1 aromatic rings. The van der Waals surface area contributed by atoms with Crippen molar-refractivity contribution in [3.63, 3.8) is 0 Å². The minimum absolute atomic E-state index is 0.0343. The molecule has 0 saturated heterocycles. The van der Waals surface area contributed by atoms with Crippen molar-refractivity contribution in [3.05, 3.63) is 35.4 Å². The summed E-state index contributed by atoms with van der Waals surface area (Å²) in [5.74, 6) is 0.0343. The Morgan fingerprint density at radius 1 is 1.33 bits per heavy atom. The third-order valence-electron chi connectivity index (χ3n) is 2.28. The Kier molecular flexibility index (Phi) is 4.31. The molecule has 0 N–H and O–H groups in total. The van der Waals surface area contributed by atoms with Crippen molar-refractivity contribution in [2.45, 2.75) is 6.92 Å². The van der Waals surface area contributed by atoms with E-state index in [1.165, 1.54) is 0 Å². The number of hydrogen-bond acceptors (Lipinski definition) is 2. The molecule has 0 atom stereocenters. The van der Waals surface area contributed by atoms with E-state index in [-0.39, 0.29) is 5.91 Å². The highest BCUT2D eigenvalue weighted by atomic mass is 16.5. The second-order valence-corrected chi connectivity index (χ2v) is 3.59. The zero-order chi connectivity index (χ0) is 11.3. The first kappa shape index (κ1) is 11.7. The molecule has 0 aliphatic heterocycles. The number of ether oxygens (including phenoxy) is 1. The molecule has 0 bridgehead atoms. The van der Waals surface area contributed by atoms with E-state index in [0.717, 1.165) is 11.1 Å². The van der Waals surface area contributed by atoms with Gasteiger partial charge in [-0.2, -0.15) is 0 Å². The molecule has 0 unspecified atom stereocenters. The summed E-state index contributed by atoms with van der Waals surface area (Å²) in [7, 11) is 3.41. The second-order valence-electron chi connectivity index (χ2n) is 3.59. The Balaban J connectivity index is 2.63. The molecule has 1 rings (SSSR count). The summed E-state index contributed by atoms with van der Waals surface area (Å²) in [6.07, 6.45) is 0. The standard InChI is InChI=1S/C12H17NO2/c1-10-4-6-11(7-5-10)12(14)13(2)8-9-15-3/h4-7H,8-9H2,1-3H3. The number of likely N-dealkylation sites (N-methyl/N-ethyl adjacent to an activating group) is 1. The van der Waals surface area contributed by atoms with Gasteiger partial charge in [0, 0.05) is 26.3 Å². The van der Waals surface area contributed by atoms with Gasteiger partial charge in [0.05, 0.1) is 6.61 Å². The summed E-state index contributed by atoms with van der Waals surface area (Å²) in [4.78, 5) is 13.5. The monoisotopic (exact) mass is 207 g/mol. The molecule has 0 radical (unpaired) electrons. The fourth-order valence-corrected chi connectivity index (χ4v) is 1.25. The highest BCUT2D eigenvalue weighted by Crippen LogP contribution is 2.05. The molecule has 15 heavy (non-hydrogen) atoms. The van der Waals surface area contributed by atoms with E-state index in [0.29, 0.717) is 13.2 Å². The maximum atomic E-state index is 11.8. The van der Waals surface area contributed by atoms with E-state index in [4.69, 9.17) is 4.74 Å². The number of amides is 1. The summed E-state index contributed by atoms with van der Waals surface area (Å²) in [6.45, 7) is 3.18. The summed E-state index contributed by atoms with van der Waals surface area (Å²) in [5.41, 5.74) is 1.88. The van der Waals surface area contributed by atoms with Crippen molar-refractivity contribution in [1.82, 2.24) is 4.90 Å². The van der Waals surface area contributed by atoms with Gasteiger partial charge >= 0.3 is 0 Å². The molecule has 0 spiro atoms. The Morgan fingerprint density at radius 2 is 1.93 bits per heavy atom. The lowest BCUT2D eigenvalue weighted by molar-refractivity contribution is 0.0744. The summed E-state index contributed by atoms with van der Waals surface area (Å²) >= 11 is 0. The zero-order valence-electron chi connectivity index (χ0n) is 9.49. The number of nitrogens with zero attached hydrogens (tertiary/aromatic N) is 1. The molecule has 3 heteroatoms. The zero-order valence-corrected chi connectivity index (χ0v) is 9.49. The minimum Gasteiger partial charge on any atom is -0.383 e. The Morgan fingerprint density at radius 3 is 2.47 bits per heavy atom. The van der Waals surface area contributed by atoms with Crippen LogP contribution in [0.2, 0.25) is 0 Å². The van der Waals surface area contributed by atoms with Gasteiger partial charge in [0.25, 0.3) is 5.91 Å². The fourth-order valence-electron chi connectivity index (χ4n) is 1.25. The Labute approximate surface area is 90.7 Å². The number of benzene rings is 1. The molecule has 0 aliphatic rings. The number of methoxy groups -OCH3 is 1. The minimum atomic E-state index is 0.0343. The highest BCUT2D eigenvalue weighted by Gasteiger charge is 2.10. The van der Waals surface area contributed by atoms with Gasteiger partial charge in [-0.15, -0.1) is 0 Å². The van der Waals surface area contributed by atoms with Crippen LogP contribution in [-0.2, 0) is 4.74 Å². The van der Waals surface area contributed by atoms with Crippen LogP contribution in [0.5, 0.6) is 0 Å². The molecule has 3 nitrogen and oxygen atoms in total. The average molecular weight is 207 g/mol. The first-order valence-corrected chi connectivity index (χ1v) is 4.96. The van der Waals surface area contributed by atoms with E-state index in [1.807, 2.05) is 31.2 Å². The SMILES string of the molecule is COCCN(C)C(=O)c1ccc(C)cc1. The maximum absolute atomic E-state index is 11.8. The molecule has 82 valence electrons. The van der Waals surface area contributed by atoms with Crippen molar-refractivity contribution in [2.24, 2.45) is 0 Å². The van der Waals surface area contributed by atoms with Crippen molar-refractivity contribution in [3.8, 4) is 0 Å². The molecular formula is C12H17NO2. The van der Waals surface area contributed by atoms with Crippen LogP contribution >= 0.6 is 0 Å². The van der Waals surface area contributed by atoms with Crippen molar-refractivity contribution < 1.29 is 9.53 Å². The number of carbonyl (C=O) groups is 1. The average Bonchev–Trinajstić information content (AvgIpc) is 2.26. The number of rotatable bonds is 4. The second kappa shape index (κ2) is 5.51. The lowest BCUT2D eigenvalue weighted by atomic mass is 10.1. The van der Waals surface area contributed by atoms with E-state index in [9.17, 15) is 4.79 Å². The molecule has 1 amide bonds. The van der Waals surface area contributed by atoms with Crippen LogP contribution < -0.4 is 0 Å². The predicted molar refractivity (Wildman–Crippen MR) is 60.0 cm³/mol. The third kappa shape index (κ3) is 3.36. The van der Waals surface area contributed by atoms with E-state index in [1.54, 1.807) is 19.1 Å². The van der Waals surface area contributed by atoms with Crippen LogP contribution in [0.15, 0.2) is 24.3 Å². The first-order chi connectivity index (χ1) is 7.15. The van der Waals surface area contributed by atoms with Gasteiger partial charge in [0.1, 0.15) is 0 Å². The molecule has 1 aromatic carbocycles. The third-order valence-corrected chi connectivity index (χ3v) is 2.28. The summed E-state index contributed by atoms with van der Waals surface area (Å²) in [6, 6.07) is 7.58. The summed E-state index contributed by atoms with van der Waals surface area (Å²) in [5, 5.41) is 0. The van der Waals surface area contributed by atoms with Crippen LogP contribution in [0.3, 0.4) is 0 Å². The lowest BCUT2D eigenvalue weighted by Gasteiger charge is -2.16. The molecular weight excluding hydrogens is 190 g/mol. The van der Waals surface area contributed by atoms with Gasteiger partial charge in [-0.1, -0.05) is 17.7 Å². The normalized spacial score (nSPS) is 10.1. The lowest BCUT2D eigenvalue weighted by Crippen LogP contribution is -2.29.